The van der Waals surface area contributed by atoms with Crippen LogP contribution in [0.1, 0.15) is 23.6 Å². The number of carbonyl (C=O) groups is 1. The number of carbonyl (C=O) groups excluding carboxylic acids is 1. The Labute approximate surface area is 152 Å². The van der Waals surface area contributed by atoms with E-state index in [1.807, 2.05) is 6.92 Å². The van der Waals surface area contributed by atoms with E-state index < -0.39 is 11.7 Å². The quantitative estimate of drug-likeness (QED) is 0.654. The number of thiophene rings is 1. The van der Waals surface area contributed by atoms with Gasteiger partial charge in [0, 0.05) is 11.6 Å². The average molecular weight is 379 g/mol. The standard InChI is InChI=1S/C19H16F3NO2S/c1-11-16-8-7-15(25)9-17(16)26-18(11)23(12(2)24)10-13-3-5-14(6-4-13)19(20,21)22/h3-9,25H,10H2,1-2H3. The lowest BCUT2D eigenvalue weighted by Crippen LogP contribution is -2.27. The molecule has 0 aliphatic rings. The van der Waals surface area contributed by atoms with Crippen LogP contribution < -0.4 is 4.90 Å². The Bertz CT molecular complexity index is 961. The van der Waals surface area contributed by atoms with Crippen molar-refractivity contribution in [2.45, 2.75) is 26.6 Å². The van der Waals surface area contributed by atoms with Gasteiger partial charge in [-0.25, -0.2) is 0 Å². The van der Waals surface area contributed by atoms with Crippen LogP contribution in [0.25, 0.3) is 10.1 Å². The molecule has 3 nitrogen and oxygen atoms in total. The van der Waals surface area contributed by atoms with Crippen molar-refractivity contribution in [2.75, 3.05) is 4.90 Å². The molecule has 2 aromatic carbocycles. The molecule has 136 valence electrons. The Morgan fingerprint density at radius 2 is 1.81 bits per heavy atom. The van der Waals surface area contributed by atoms with Gasteiger partial charge in [-0.05, 0) is 53.8 Å². The first-order valence-electron chi connectivity index (χ1n) is 7.83. The summed E-state index contributed by atoms with van der Waals surface area (Å²) in [6, 6.07) is 9.80. The number of amides is 1. The first-order chi connectivity index (χ1) is 12.2. The van der Waals surface area contributed by atoms with Crippen LogP contribution in [-0.4, -0.2) is 11.0 Å². The molecule has 0 spiro atoms. The van der Waals surface area contributed by atoms with Gasteiger partial charge in [-0.3, -0.25) is 9.69 Å². The molecule has 0 fully saturated rings. The van der Waals surface area contributed by atoms with E-state index in [1.54, 1.807) is 23.1 Å². The number of aryl methyl sites for hydroxylation is 1. The molecule has 0 unspecified atom stereocenters. The molecule has 0 radical (unpaired) electrons. The minimum Gasteiger partial charge on any atom is -0.508 e. The van der Waals surface area contributed by atoms with Crippen molar-refractivity contribution in [3.8, 4) is 5.75 Å². The third kappa shape index (κ3) is 3.53. The maximum atomic E-state index is 12.7. The molecule has 0 saturated carbocycles. The number of anilines is 1. The highest BCUT2D eigenvalue weighted by molar-refractivity contribution is 7.23. The van der Waals surface area contributed by atoms with Crippen molar-refractivity contribution < 1.29 is 23.1 Å². The molecule has 7 heteroatoms. The molecule has 1 aromatic heterocycles. The second-order valence-corrected chi connectivity index (χ2v) is 7.04. The predicted molar refractivity (Wildman–Crippen MR) is 96.5 cm³/mol. The van der Waals surface area contributed by atoms with E-state index >= 15 is 0 Å². The Morgan fingerprint density at radius 3 is 2.38 bits per heavy atom. The number of phenolic OH excluding ortho intramolecular Hbond substituents is 1. The normalized spacial score (nSPS) is 11.7. The van der Waals surface area contributed by atoms with Gasteiger partial charge in [0.05, 0.1) is 12.1 Å². The Balaban J connectivity index is 1.95. The fourth-order valence-electron chi connectivity index (χ4n) is 2.77. The predicted octanol–water partition coefficient (Wildman–Crippen LogP) is 5.49. The van der Waals surface area contributed by atoms with E-state index in [0.29, 0.717) is 5.56 Å². The zero-order valence-electron chi connectivity index (χ0n) is 14.1. The highest BCUT2D eigenvalue weighted by Crippen LogP contribution is 2.40. The minimum atomic E-state index is -4.39. The number of nitrogens with zero attached hydrogens (tertiary/aromatic N) is 1. The summed E-state index contributed by atoms with van der Waals surface area (Å²) in [6.07, 6.45) is -4.39. The monoisotopic (exact) mass is 379 g/mol. The van der Waals surface area contributed by atoms with Gasteiger partial charge in [0.1, 0.15) is 10.8 Å². The van der Waals surface area contributed by atoms with Crippen molar-refractivity contribution in [1.82, 2.24) is 0 Å². The maximum Gasteiger partial charge on any atom is 0.416 e. The van der Waals surface area contributed by atoms with E-state index in [-0.39, 0.29) is 18.2 Å². The SMILES string of the molecule is CC(=O)N(Cc1ccc(C(F)(F)F)cc1)c1sc2cc(O)ccc2c1C. The van der Waals surface area contributed by atoms with Gasteiger partial charge in [0.25, 0.3) is 0 Å². The van der Waals surface area contributed by atoms with Gasteiger partial charge in [-0.2, -0.15) is 13.2 Å². The van der Waals surface area contributed by atoms with Gasteiger partial charge in [-0.15, -0.1) is 11.3 Å². The summed E-state index contributed by atoms with van der Waals surface area (Å²) in [4.78, 5) is 13.7. The number of benzene rings is 2. The first kappa shape index (κ1) is 18.3. The molecule has 1 N–H and O–H groups in total. The molecule has 1 amide bonds. The summed E-state index contributed by atoms with van der Waals surface area (Å²) in [7, 11) is 0. The van der Waals surface area contributed by atoms with Crippen molar-refractivity contribution in [3.05, 3.63) is 59.2 Å². The lowest BCUT2D eigenvalue weighted by atomic mass is 10.1. The van der Waals surface area contributed by atoms with Gasteiger partial charge < -0.3 is 5.11 Å². The number of halogens is 3. The zero-order valence-corrected chi connectivity index (χ0v) is 14.9. The smallest absolute Gasteiger partial charge is 0.416 e. The number of rotatable bonds is 3. The summed E-state index contributed by atoms with van der Waals surface area (Å²) >= 11 is 1.37. The van der Waals surface area contributed by atoms with E-state index in [9.17, 15) is 23.1 Å². The topological polar surface area (TPSA) is 40.5 Å². The third-order valence-electron chi connectivity index (χ3n) is 4.14. The van der Waals surface area contributed by atoms with Crippen LogP contribution in [0.3, 0.4) is 0 Å². The number of hydrogen-bond acceptors (Lipinski definition) is 3. The molecule has 3 aromatic rings. The lowest BCUT2D eigenvalue weighted by molar-refractivity contribution is -0.137. The van der Waals surface area contributed by atoms with Crippen LogP contribution in [0, 0.1) is 6.92 Å². The van der Waals surface area contributed by atoms with Crippen molar-refractivity contribution in [1.29, 1.82) is 0 Å². The summed E-state index contributed by atoms with van der Waals surface area (Å²) in [6.45, 7) is 3.48. The van der Waals surface area contributed by atoms with Gasteiger partial charge in [0.2, 0.25) is 5.91 Å². The zero-order chi connectivity index (χ0) is 19.1. The molecule has 0 aliphatic carbocycles. The fraction of sp³-hybridized carbons (Fsp3) is 0.211. The number of aromatic hydroxyl groups is 1. The van der Waals surface area contributed by atoms with E-state index in [2.05, 4.69) is 0 Å². The molecular formula is C19H16F3NO2S. The van der Waals surface area contributed by atoms with Gasteiger partial charge in [-0.1, -0.05) is 12.1 Å². The maximum absolute atomic E-state index is 12.7. The Hall–Kier alpha value is -2.54. The Kier molecular flexibility index (Phi) is 4.66. The molecule has 1 heterocycles. The number of phenols is 1. The fourth-order valence-corrected chi connectivity index (χ4v) is 4.05. The second kappa shape index (κ2) is 6.64. The molecule has 3 rings (SSSR count). The summed E-state index contributed by atoms with van der Waals surface area (Å²) in [5, 5.41) is 11.3. The molecule has 26 heavy (non-hydrogen) atoms. The number of fused-ring (bicyclic) bond motifs is 1. The third-order valence-corrected chi connectivity index (χ3v) is 5.42. The number of alkyl halides is 3. The van der Waals surface area contributed by atoms with Crippen LogP contribution in [0.2, 0.25) is 0 Å². The van der Waals surface area contributed by atoms with Crippen molar-refractivity contribution in [3.63, 3.8) is 0 Å². The molecular weight excluding hydrogens is 363 g/mol. The van der Waals surface area contributed by atoms with Crippen molar-refractivity contribution >= 4 is 32.3 Å². The van der Waals surface area contributed by atoms with E-state index in [4.69, 9.17) is 0 Å². The average Bonchev–Trinajstić information content (AvgIpc) is 2.87. The lowest BCUT2D eigenvalue weighted by Gasteiger charge is -2.21. The number of hydrogen-bond donors (Lipinski definition) is 1. The molecule has 0 saturated heterocycles. The minimum absolute atomic E-state index is 0.141. The van der Waals surface area contributed by atoms with Crippen LogP contribution >= 0.6 is 11.3 Å². The van der Waals surface area contributed by atoms with Crippen LogP contribution in [0.4, 0.5) is 18.2 Å². The molecule has 0 aliphatic heterocycles. The summed E-state index contributed by atoms with van der Waals surface area (Å²) in [5.74, 6) is -0.0637. The van der Waals surface area contributed by atoms with Crippen molar-refractivity contribution in [2.24, 2.45) is 0 Å². The van der Waals surface area contributed by atoms with Gasteiger partial charge >= 0.3 is 6.18 Å². The summed E-state index contributed by atoms with van der Waals surface area (Å²) < 4.78 is 38.9. The highest BCUT2D eigenvalue weighted by Gasteiger charge is 2.30. The van der Waals surface area contributed by atoms with Crippen LogP contribution in [0.15, 0.2) is 42.5 Å². The first-order valence-corrected chi connectivity index (χ1v) is 8.65. The summed E-state index contributed by atoms with van der Waals surface area (Å²) in [5.41, 5.74) is 0.782. The largest absolute Gasteiger partial charge is 0.508 e. The molecule has 0 atom stereocenters. The second-order valence-electron chi connectivity index (χ2n) is 6.01. The highest BCUT2D eigenvalue weighted by atomic mass is 32.1. The Morgan fingerprint density at radius 1 is 1.15 bits per heavy atom. The van der Waals surface area contributed by atoms with Gasteiger partial charge in [0.15, 0.2) is 0 Å². The van der Waals surface area contributed by atoms with Crippen LogP contribution in [0.5, 0.6) is 5.75 Å². The van der Waals surface area contributed by atoms with E-state index in [0.717, 1.165) is 32.8 Å². The molecule has 0 bridgehead atoms. The van der Waals surface area contributed by atoms with E-state index in [1.165, 1.54) is 30.4 Å². The van der Waals surface area contributed by atoms with Crippen LogP contribution in [-0.2, 0) is 17.5 Å².